The number of hydrogen-bond donors (Lipinski definition) is 3. The van der Waals surface area contributed by atoms with E-state index in [1.165, 1.54) is 30.0 Å². The van der Waals surface area contributed by atoms with Crippen LogP contribution >= 0.6 is 34.8 Å². The molecule has 68 heavy (non-hydrogen) atoms. The molecule has 3 N–H and O–H groups in total. The van der Waals surface area contributed by atoms with Gasteiger partial charge in [-0.15, -0.1) is 20.5 Å². The van der Waals surface area contributed by atoms with Crippen LogP contribution in [0, 0.1) is 0 Å². The molecular weight excluding hydrogens is 939 g/mol. The van der Waals surface area contributed by atoms with Gasteiger partial charge in [0.1, 0.15) is 11.4 Å². The fourth-order valence-electron chi connectivity index (χ4n) is 6.81. The third-order valence-electron chi connectivity index (χ3n) is 10.3. The molecule has 0 fully saturated rings. The molecule has 0 aliphatic carbocycles. The monoisotopic (exact) mass is 983 g/mol. The van der Waals surface area contributed by atoms with E-state index in [4.69, 9.17) is 15.0 Å². The summed E-state index contributed by atoms with van der Waals surface area (Å²) in [5.41, 5.74) is 6.47. The first-order valence-electron chi connectivity index (χ1n) is 21.5. The molecule has 0 saturated heterocycles. The van der Waals surface area contributed by atoms with E-state index in [-0.39, 0.29) is 27.7 Å². The summed E-state index contributed by atoms with van der Waals surface area (Å²) in [5.74, 6) is 1.92. The normalized spacial score (nSPS) is 11.7. The molecule has 0 saturated carbocycles. The second-order valence-corrected chi connectivity index (χ2v) is 18.4. The van der Waals surface area contributed by atoms with E-state index >= 15 is 0 Å². The van der Waals surface area contributed by atoms with Crippen LogP contribution in [0.4, 0.5) is 56.3 Å². The van der Waals surface area contributed by atoms with Crippen molar-refractivity contribution in [2.75, 3.05) is 46.6 Å². The Bertz CT molecular complexity index is 3150. The number of hydrogen-bond acceptors (Lipinski definition) is 20. The zero-order valence-corrected chi connectivity index (χ0v) is 40.6. The molecule has 18 nitrogen and oxygen atoms in total. The first kappa shape index (κ1) is 47.4. The van der Waals surface area contributed by atoms with Crippen LogP contribution in [0.2, 0.25) is 0 Å². The fourth-order valence-corrected chi connectivity index (χ4v) is 9.17. The molecule has 0 atom stereocenters. The highest BCUT2D eigenvalue weighted by molar-refractivity contribution is 7.98. The van der Waals surface area contributed by atoms with Gasteiger partial charge < -0.3 is 20.4 Å². The van der Waals surface area contributed by atoms with Gasteiger partial charge in [-0.05, 0) is 81.8 Å². The summed E-state index contributed by atoms with van der Waals surface area (Å²) in [5, 5.41) is 26.1. The number of benzene rings is 5. The Morgan fingerprint density at radius 1 is 0.574 bits per heavy atom. The smallest absolute Gasteiger partial charge is 0.294 e. The molecule has 3 aromatic heterocycles. The molecule has 0 aliphatic heterocycles. The summed E-state index contributed by atoms with van der Waals surface area (Å²) in [6.07, 6.45) is 0. The van der Waals surface area contributed by atoms with E-state index in [0.717, 1.165) is 71.7 Å². The van der Waals surface area contributed by atoms with Crippen LogP contribution < -0.4 is 20.4 Å². The number of thioether (sulfide) groups is 1. The van der Waals surface area contributed by atoms with Gasteiger partial charge in [-0.3, -0.25) is 4.55 Å². The highest BCUT2D eigenvalue weighted by Gasteiger charge is 2.17. The number of aromatic nitrogens is 7. The zero-order chi connectivity index (χ0) is 47.5. The number of azo groups is 2. The summed E-state index contributed by atoms with van der Waals surface area (Å²) in [7, 11) is -4.42. The maximum atomic E-state index is 11.8. The topological polar surface area (TPSA) is 225 Å². The first-order chi connectivity index (χ1) is 33.1. The molecule has 22 heteroatoms. The molecule has 0 radical (unpaired) electrons. The molecule has 3 heterocycles. The van der Waals surface area contributed by atoms with Gasteiger partial charge in [-0.2, -0.15) is 42.1 Å². The lowest BCUT2D eigenvalue weighted by atomic mass is 10.2. The van der Waals surface area contributed by atoms with Gasteiger partial charge >= 0.3 is 0 Å². The minimum absolute atomic E-state index is 0.227. The van der Waals surface area contributed by atoms with Crippen molar-refractivity contribution in [1.29, 1.82) is 0 Å². The summed E-state index contributed by atoms with van der Waals surface area (Å²) < 4.78 is 42.0. The molecule has 0 bridgehead atoms. The summed E-state index contributed by atoms with van der Waals surface area (Å²) >= 11 is 3.62. The molecule has 0 spiro atoms. The van der Waals surface area contributed by atoms with Crippen molar-refractivity contribution in [3.8, 4) is 22.8 Å². The number of nitrogens with zero attached hydrogens (tertiary/aromatic N) is 13. The summed E-state index contributed by atoms with van der Waals surface area (Å²) in [6, 6.07) is 37.2. The molecule has 8 aromatic rings. The predicted molar refractivity (Wildman–Crippen MR) is 271 cm³/mol. The van der Waals surface area contributed by atoms with Crippen LogP contribution in [0.1, 0.15) is 33.3 Å². The van der Waals surface area contributed by atoms with E-state index in [1.54, 1.807) is 6.07 Å². The van der Waals surface area contributed by atoms with Crippen LogP contribution in [0.25, 0.3) is 22.8 Å². The van der Waals surface area contributed by atoms with Crippen molar-refractivity contribution in [3.63, 3.8) is 0 Å². The maximum absolute atomic E-state index is 11.8. The summed E-state index contributed by atoms with van der Waals surface area (Å²) in [6.45, 7) is 11.5. The lowest BCUT2D eigenvalue weighted by Gasteiger charge is -2.22. The highest BCUT2D eigenvalue weighted by atomic mass is 32.2. The number of rotatable bonds is 20. The molecule has 346 valence electrons. The number of nitrogens with one attached hydrogen (secondary N) is 2. The van der Waals surface area contributed by atoms with Crippen molar-refractivity contribution in [1.82, 2.24) is 33.7 Å². The molecular formula is C46H45N15O3S4. The van der Waals surface area contributed by atoms with E-state index in [1.807, 2.05) is 84.9 Å². The fraction of sp³-hybridized carbons (Fsp3) is 0.196. The van der Waals surface area contributed by atoms with Crippen LogP contribution in [-0.4, -0.2) is 72.8 Å². The lowest BCUT2D eigenvalue weighted by Crippen LogP contribution is -2.21. The second-order valence-electron chi connectivity index (χ2n) is 14.6. The van der Waals surface area contributed by atoms with Crippen molar-refractivity contribution < 1.29 is 13.0 Å². The van der Waals surface area contributed by atoms with Gasteiger partial charge in [0.15, 0.2) is 16.8 Å². The third kappa shape index (κ3) is 12.1. The van der Waals surface area contributed by atoms with Gasteiger partial charge in [0.25, 0.3) is 10.1 Å². The second kappa shape index (κ2) is 22.1. The SMILES string of the molecule is CCN(CC)c1ccc(N=Nc2nc(-c3ccccc3)ns2)c(Nc2nc(Nc3cc(N(CC)CC)ccc3N=Nc3nc(-c4cccc(S(=O)(=O)O)c4)ns3)nc(SCc3ccccc3)n2)c1. The Kier molecular flexibility index (Phi) is 15.4. The molecule has 0 aliphatic rings. The van der Waals surface area contributed by atoms with E-state index < -0.39 is 10.1 Å². The molecule has 0 unspecified atom stereocenters. The third-order valence-corrected chi connectivity index (χ3v) is 13.2. The van der Waals surface area contributed by atoms with Crippen molar-refractivity contribution >= 4 is 101 Å². The molecule has 8 rings (SSSR count). The lowest BCUT2D eigenvalue weighted by molar-refractivity contribution is 0.483. The van der Waals surface area contributed by atoms with Gasteiger partial charge in [0, 0.05) is 77.5 Å². The predicted octanol–water partition coefficient (Wildman–Crippen LogP) is 12.5. The first-order valence-corrected chi connectivity index (χ1v) is 25.4. The highest BCUT2D eigenvalue weighted by Crippen LogP contribution is 2.37. The molecule has 0 amide bonds. The Morgan fingerprint density at radius 2 is 1.07 bits per heavy atom. The zero-order valence-electron chi connectivity index (χ0n) is 37.3. The van der Waals surface area contributed by atoms with Crippen molar-refractivity contribution in [2.45, 2.75) is 43.5 Å². The van der Waals surface area contributed by atoms with Crippen LogP contribution in [0.15, 0.2) is 152 Å². The Balaban J connectivity index is 1.15. The van der Waals surface area contributed by atoms with Crippen LogP contribution in [-0.2, 0) is 15.9 Å². The largest absolute Gasteiger partial charge is 0.372 e. The average molecular weight is 984 g/mol. The Labute approximate surface area is 405 Å². The van der Waals surface area contributed by atoms with Gasteiger partial charge in [-0.1, -0.05) is 84.6 Å². The van der Waals surface area contributed by atoms with Crippen LogP contribution in [0.3, 0.4) is 0 Å². The van der Waals surface area contributed by atoms with E-state index in [9.17, 15) is 13.0 Å². The van der Waals surface area contributed by atoms with Gasteiger partial charge in [-0.25, -0.2) is 0 Å². The minimum atomic E-state index is -4.42. The van der Waals surface area contributed by atoms with E-state index in [2.05, 4.69) is 99.4 Å². The van der Waals surface area contributed by atoms with E-state index in [0.29, 0.717) is 50.2 Å². The number of anilines is 6. The average Bonchev–Trinajstić information content (AvgIpc) is 4.05. The quantitative estimate of drug-likeness (QED) is 0.0367. The molecule has 5 aromatic carbocycles. The standard InChI is InChI=1S/C46H45N15O3S4/c1-5-60(6-2)33-22-24-36(54-56-45-49-40(58-66-45)31-18-13-10-14-19-31)38(27-33)47-42-51-43(53-44(52-42)65-29-30-16-11-9-12-17-30)48-39-28-34(61(7-3)8-4)23-25-37(39)55-57-46-50-41(59-67-46)32-20-15-21-35(26-32)68(62,63)64/h9-28H,5-8,29H2,1-4H3,(H,62,63,64)(H2,47,48,51,52,53). The van der Waals surface area contributed by atoms with Gasteiger partial charge in [0.05, 0.1) is 16.3 Å². The van der Waals surface area contributed by atoms with Crippen molar-refractivity contribution in [2.24, 2.45) is 20.5 Å². The van der Waals surface area contributed by atoms with Gasteiger partial charge in [0.2, 0.25) is 22.2 Å². The van der Waals surface area contributed by atoms with Crippen molar-refractivity contribution in [3.05, 3.63) is 127 Å². The Hall–Kier alpha value is -7.11. The van der Waals surface area contributed by atoms with Crippen LogP contribution in [0.5, 0.6) is 0 Å². The minimum Gasteiger partial charge on any atom is -0.372 e. The summed E-state index contributed by atoms with van der Waals surface area (Å²) in [4.78, 5) is 27.9. The Morgan fingerprint density at radius 3 is 1.59 bits per heavy atom. The maximum Gasteiger partial charge on any atom is 0.294 e.